The maximum Gasteiger partial charge on any atom is 0.214 e. The molecule has 0 saturated carbocycles. The first-order chi connectivity index (χ1) is 21.2. The van der Waals surface area contributed by atoms with Gasteiger partial charge in [-0.2, -0.15) is 0 Å². The molecular formula is C39H58N2O2Pd. The minimum atomic E-state index is 0. The number of hydrogen-bond donors (Lipinski definition) is 2. The topological polar surface area (TPSA) is 65.8 Å². The van der Waals surface area contributed by atoms with Crippen molar-refractivity contribution in [2.24, 2.45) is 0 Å². The van der Waals surface area contributed by atoms with Crippen molar-refractivity contribution < 1.29 is 35.3 Å². The number of aryl methyl sites for hydroxylation is 2. The van der Waals surface area contributed by atoms with Crippen LogP contribution in [0.2, 0.25) is 0 Å². The van der Waals surface area contributed by atoms with Crippen LogP contribution in [0.3, 0.4) is 0 Å². The van der Waals surface area contributed by atoms with Crippen molar-refractivity contribution in [1.29, 1.82) is 0 Å². The molecule has 44 heavy (non-hydrogen) atoms. The number of nitrogens with zero attached hydrogens (tertiary/aromatic N) is 2. The molecule has 1 aliphatic heterocycles. The average Bonchev–Trinajstić information content (AvgIpc) is 3.39. The zero-order valence-corrected chi connectivity index (χ0v) is 29.6. The summed E-state index contributed by atoms with van der Waals surface area (Å²) in [5, 5.41) is 14.0. The van der Waals surface area contributed by atoms with Gasteiger partial charge in [-0.05, 0) is 80.7 Å². The Morgan fingerprint density at radius 1 is 0.659 bits per heavy atom. The zero-order valence-electron chi connectivity index (χ0n) is 28.0. The fraction of sp³-hybridized carbons (Fsp3) is 0.487. The van der Waals surface area contributed by atoms with Gasteiger partial charge >= 0.3 is 0 Å². The minimum Gasteiger partial charge on any atom is -0.493 e. The van der Waals surface area contributed by atoms with Crippen molar-refractivity contribution in [3.63, 3.8) is 0 Å². The van der Waals surface area contributed by atoms with E-state index in [2.05, 4.69) is 99.7 Å². The Morgan fingerprint density at radius 2 is 1.27 bits per heavy atom. The predicted molar refractivity (Wildman–Crippen MR) is 186 cm³/mol. The molecule has 3 rings (SSSR count). The molecule has 0 unspecified atom stereocenters. The van der Waals surface area contributed by atoms with Crippen molar-refractivity contribution >= 4 is 11.4 Å². The molecule has 246 valence electrons. The third kappa shape index (κ3) is 14.6. The Kier molecular flexibility index (Phi) is 25.5. The SMILES string of the molecule is CCCCC=CC1=C(c2ccc(CCCC)cc2)[N+](=[N-])C(c2ccccc2CCCC=CCCCCCC)=C1.CO.CO.[Pd]. The monoisotopic (exact) mass is 692 g/mol. The van der Waals surface area contributed by atoms with Gasteiger partial charge in [-0.15, -0.1) is 0 Å². The van der Waals surface area contributed by atoms with Gasteiger partial charge in [0.25, 0.3) is 0 Å². The van der Waals surface area contributed by atoms with Gasteiger partial charge < -0.3 is 15.7 Å². The largest absolute Gasteiger partial charge is 0.493 e. The van der Waals surface area contributed by atoms with E-state index in [4.69, 9.17) is 10.2 Å². The molecule has 0 amide bonds. The van der Waals surface area contributed by atoms with Gasteiger partial charge in [0.2, 0.25) is 11.4 Å². The third-order valence-corrected chi connectivity index (χ3v) is 7.58. The Balaban J connectivity index is 0.00000355. The maximum absolute atomic E-state index is 11.6. The average molecular weight is 693 g/mol. The van der Waals surface area contributed by atoms with E-state index in [0.29, 0.717) is 0 Å². The number of rotatable bonds is 18. The van der Waals surface area contributed by atoms with Gasteiger partial charge in [-0.3, -0.25) is 0 Å². The molecule has 0 atom stereocenters. The summed E-state index contributed by atoms with van der Waals surface area (Å²) in [5.41, 5.74) is 19.2. The Morgan fingerprint density at radius 3 is 1.93 bits per heavy atom. The quantitative estimate of drug-likeness (QED) is 0.0707. The minimum absolute atomic E-state index is 0. The van der Waals surface area contributed by atoms with Crippen LogP contribution >= 0.6 is 0 Å². The molecule has 0 aromatic heterocycles. The van der Waals surface area contributed by atoms with E-state index in [1.165, 1.54) is 73.6 Å². The molecule has 0 bridgehead atoms. The molecule has 1 aliphatic rings. The van der Waals surface area contributed by atoms with Crippen LogP contribution in [0, 0.1) is 0 Å². The molecular weight excluding hydrogens is 635 g/mol. The van der Waals surface area contributed by atoms with Crippen molar-refractivity contribution in [3.8, 4) is 0 Å². The van der Waals surface area contributed by atoms with Gasteiger partial charge in [0.1, 0.15) is 0 Å². The number of aliphatic hydroxyl groups excluding tert-OH is 2. The zero-order chi connectivity index (χ0) is 31.7. The van der Waals surface area contributed by atoms with Gasteiger partial charge in [0.15, 0.2) is 0 Å². The molecule has 0 spiro atoms. The fourth-order valence-electron chi connectivity index (χ4n) is 5.19. The summed E-state index contributed by atoms with van der Waals surface area (Å²) in [7, 11) is 2.00. The summed E-state index contributed by atoms with van der Waals surface area (Å²) in [6, 6.07) is 17.3. The van der Waals surface area contributed by atoms with E-state index >= 15 is 0 Å². The van der Waals surface area contributed by atoms with Crippen LogP contribution in [0.25, 0.3) is 16.9 Å². The molecule has 1 heterocycles. The summed E-state index contributed by atoms with van der Waals surface area (Å²) in [4.78, 5) is 0. The van der Waals surface area contributed by atoms with Crippen molar-refractivity contribution in [2.45, 2.75) is 111 Å². The Hall–Kier alpha value is -2.42. The van der Waals surface area contributed by atoms with Crippen molar-refractivity contribution in [3.05, 3.63) is 112 Å². The molecule has 2 N–H and O–H groups in total. The first-order valence-corrected chi connectivity index (χ1v) is 16.5. The van der Waals surface area contributed by atoms with Crippen LogP contribution in [0.5, 0.6) is 0 Å². The summed E-state index contributed by atoms with van der Waals surface area (Å²) >= 11 is 0. The summed E-state index contributed by atoms with van der Waals surface area (Å²) in [6.07, 6.45) is 28.0. The normalized spacial score (nSPS) is 12.5. The van der Waals surface area contributed by atoms with Crippen LogP contribution in [0.1, 0.15) is 120 Å². The summed E-state index contributed by atoms with van der Waals surface area (Å²) in [5.74, 6) is 0. The van der Waals surface area contributed by atoms with E-state index in [1.54, 1.807) is 0 Å². The summed E-state index contributed by atoms with van der Waals surface area (Å²) < 4.78 is 1.43. The van der Waals surface area contributed by atoms with E-state index in [0.717, 1.165) is 74.4 Å². The fourth-order valence-corrected chi connectivity index (χ4v) is 5.19. The second-order valence-corrected chi connectivity index (χ2v) is 10.9. The number of unbranched alkanes of at least 4 members (excludes halogenated alkanes) is 8. The van der Waals surface area contributed by atoms with Crippen molar-refractivity contribution in [1.82, 2.24) is 0 Å². The number of hydrogen-bond acceptors (Lipinski definition) is 2. The molecule has 0 aliphatic carbocycles. The second kappa shape index (κ2) is 26.9. The van der Waals surface area contributed by atoms with E-state index in [-0.39, 0.29) is 20.4 Å². The van der Waals surface area contributed by atoms with Crippen LogP contribution in [0.4, 0.5) is 0 Å². The second-order valence-electron chi connectivity index (χ2n) is 10.9. The molecule has 2 aromatic carbocycles. The first-order valence-electron chi connectivity index (χ1n) is 16.5. The van der Waals surface area contributed by atoms with Crippen LogP contribution in [0.15, 0.2) is 84.5 Å². The van der Waals surface area contributed by atoms with E-state index in [9.17, 15) is 5.53 Å². The van der Waals surface area contributed by atoms with E-state index in [1.807, 2.05) is 0 Å². The van der Waals surface area contributed by atoms with Crippen LogP contribution in [-0.2, 0) is 33.3 Å². The molecule has 4 nitrogen and oxygen atoms in total. The Labute approximate surface area is 282 Å². The van der Waals surface area contributed by atoms with Crippen molar-refractivity contribution in [2.75, 3.05) is 14.2 Å². The molecule has 5 heteroatoms. The van der Waals surface area contributed by atoms with Gasteiger partial charge in [-0.25, -0.2) is 4.70 Å². The van der Waals surface area contributed by atoms with Gasteiger partial charge in [0, 0.05) is 51.8 Å². The standard InChI is InChI=1S/C37H50N2.2CH4O.Pd/c1-4-7-10-12-13-14-15-16-18-22-32-23-19-20-25-35(32)36-30-34(24-17-11-8-5-2)37(39(36)38)33-28-26-31(27-29-33)21-9-6-3;2*1-2;/h14-15,17,19-20,23-30H,4-13,16,18,21-22H2,1-3H3;2*2H,1H3;. The third-order valence-electron chi connectivity index (χ3n) is 7.58. The van der Waals surface area contributed by atoms with E-state index < -0.39 is 0 Å². The predicted octanol–water partition coefficient (Wildman–Crippen LogP) is 10.6. The summed E-state index contributed by atoms with van der Waals surface area (Å²) in [6.45, 7) is 6.72. The molecule has 0 fully saturated rings. The molecule has 2 aromatic rings. The van der Waals surface area contributed by atoms with Crippen LogP contribution in [-0.4, -0.2) is 29.1 Å². The number of benzene rings is 2. The maximum atomic E-state index is 11.6. The van der Waals surface area contributed by atoms with Crippen LogP contribution < -0.4 is 0 Å². The van der Waals surface area contributed by atoms with Gasteiger partial charge in [-0.1, -0.05) is 114 Å². The molecule has 0 radical (unpaired) electrons. The number of aliphatic hydroxyl groups is 2. The Bertz CT molecular complexity index is 1160. The van der Waals surface area contributed by atoms with Gasteiger partial charge in [0.05, 0.1) is 5.57 Å². The first kappa shape index (κ1) is 41.6. The smallest absolute Gasteiger partial charge is 0.214 e. The molecule has 0 saturated heterocycles. The number of allylic oxidation sites excluding steroid dienone is 6.